The third-order valence-electron chi connectivity index (χ3n) is 5.49. The molecule has 0 unspecified atom stereocenters. The Morgan fingerprint density at radius 1 is 1.09 bits per heavy atom. The summed E-state index contributed by atoms with van der Waals surface area (Å²) in [5.74, 6) is 0.464. The summed E-state index contributed by atoms with van der Waals surface area (Å²) in [6, 6.07) is 12.1. The molecule has 0 spiro atoms. The number of nitrogens with zero attached hydrogens (tertiary/aromatic N) is 4. The Bertz CT molecular complexity index is 984. The van der Waals surface area contributed by atoms with E-state index in [1.807, 2.05) is 36.1 Å². The quantitative estimate of drug-likeness (QED) is 0.485. The van der Waals surface area contributed by atoms with Gasteiger partial charge in [-0.15, -0.1) is 0 Å². The maximum Gasteiger partial charge on any atom is 0.293 e. The molecule has 32 heavy (non-hydrogen) atoms. The van der Waals surface area contributed by atoms with Crippen LogP contribution in [0.1, 0.15) is 29.8 Å². The summed E-state index contributed by atoms with van der Waals surface area (Å²) in [4.78, 5) is 40.9. The molecule has 3 rings (SSSR count). The van der Waals surface area contributed by atoms with E-state index in [0.29, 0.717) is 45.0 Å². The molecule has 2 amide bonds. The Labute approximate surface area is 187 Å². The lowest BCUT2D eigenvalue weighted by Crippen LogP contribution is -2.48. The summed E-state index contributed by atoms with van der Waals surface area (Å²) in [5.41, 5.74) is 1.54. The lowest BCUT2D eigenvalue weighted by Gasteiger charge is -2.35. The van der Waals surface area contributed by atoms with Crippen LogP contribution in [0.5, 0.6) is 5.75 Å². The Balaban J connectivity index is 1.73. The van der Waals surface area contributed by atoms with E-state index in [1.165, 1.54) is 17.9 Å². The van der Waals surface area contributed by atoms with Gasteiger partial charge in [-0.3, -0.25) is 19.7 Å². The van der Waals surface area contributed by atoms with Crippen LogP contribution in [0.25, 0.3) is 0 Å². The zero-order valence-corrected chi connectivity index (χ0v) is 18.6. The molecule has 0 atom stereocenters. The number of ether oxygens (including phenoxy) is 1. The van der Waals surface area contributed by atoms with Crippen molar-refractivity contribution in [3.63, 3.8) is 0 Å². The zero-order valence-electron chi connectivity index (χ0n) is 18.6. The molecule has 1 aliphatic rings. The van der Waals surface area contributed by atoms with Crippen molar-refractivity contribution in [3.05, 3.63) is 63.7 Å². The molecule has 0 radical (unpaired) electrons. The molecule has 0 aliphatic carbocycles. The van der Waals surface area contributed by atoms with Crippen molar-refractivity contribution in [1.29, 1.82) is 0 Å². The lowest BCUT2D eigenvalue weighted by atomic mass is 10.1. The van der Waals surface area contributed by atoms with E-state index in [1.54, 1.807) is 24.1 Å². The van der Waals surface area contributed by atoms with Crippen LogP contribution in [0.2, 0.25) is 0 Å². The first-order valence-corrected chi connectivity index (χ1v) is 10.6. The molecule has 9 nitrogen and oxygen atoms in total. The van der Waals surface area contributed by atoms with Crippen molar-refractivity contribution in [2.75, 3.05) is 44.7 Å². The second kappa shape index (κ2) is 10.1. The molecule has 1 aliphatic heterocycles. The fourth-order valence-corrected chi connectivity index (χ4v) is 3.76. The van der Waals surface area contributed by atoms with Crippen molar-refractivity contribution in [3.8, 4) is 5.75 Å². The van der Waals surface area contributed by atoms with Crippen molar-refractivity contribution >= 4 is 23.2 Å². The highest BCUT2D eigenvalue weighted by atomic mass is 16.6. The number of nitro benzene ring substituents is 1. The highest BCUT2D eigenvalue weighted by Gasteiger charge is 2.26. The molecule has 0 N–H and O–H groups in total. The van der Waals surface area contributed by atoms with Gasteiger partial charge in [-0.25, -0.2) is 0 Å². The maximum absolute atomic E-state index is 12.9. The zero-order chi connectivity index (χ0) is 23.3. The van der Waals surface area contributed by atoms with Gasteiger partial charge in [0, 0.05) is 58.3 Å². The van der Waals surface area contributed by atoms with Crippen LogP contribution in [0.15, 0.2) is 42.5 Å². The van der Waals surface area contributed by atoms with Gasteiger partial charge < -0.3 is 19.4 Å². The van der Waals surface area contributed by atoms with Crippen LogP contribution < -0.4 is 9.64 Å². The predicted octanol–water partition coefficient (Wildman–Crippen LogP) is 2.93. The Kier molecular flexibility index (Phi) is 7.29. The first-order valence-electron chi connectivity index (χ1n) is 10.6. The van der Waals surface area contributed by atoms with Gasteiger partial charge in [-0.2, -0.15) is 0 Å². The molecule has 1 fully saturated rings. The molecule has 0 aromatic heterocycles. The van der Waals surface area contributed by atoms with Gasteiger partial charge in [0.25, 0.3) is 11.6 Å². The van der Waals surface area contributed by atoms with Crippen molar-refractivity contribution < 1.29 is 19.2 Å². The highest BCUT2D eigenvalue weighted by molar-refractivity contribution is 5.95. The number of amides is 2. The average Bonchev–Trinajstić information content (AvgIpc) is 2.79. The molecule has 1 saturated heterocycles. The van der Waals surface area contributed by atoms with Crippen molar-refractivity contribution in [2.45, 2.75) is 20.4 Å². The van der Waals surface area contributed by atoms with E-state index in [4.69, 9.17) is 4.74 Å². The van der Waals surface area contributed by atoms with E-state index in [0.717, 1.165) is 11.3 Å². The summed E-state index contributed by atoms with van der Waals surface area (Å²) in [6.45, 7) is 6.42. The van der Waals surface area contributed by atoms with Crippen molar-refractivity contribution in [1.82, 2.24) is 9.80 Å². The summed E-state index contributed by atoms with van der Waals surface area (Å²) < 4.78 is 5.43. The van der Waals surface area contributed by atoms with Crippen LogP contribution in [0, 0.1) is 10.1 Å². The second-order valence-corrected chi connectivity index (χ2v) is 7.69. The Hall–Kier alpha value is -3.62. The van der Waals surface area contributed by atoms with Gasteiger partial charge in [-0.1, -0.05) is 12.1 Å². The first kappa shape index (κ1) is 23.1. The smallest absolute Gasteiger partial charge is 0.293 e. The maximum atomic E-state index is 12.9. The largest absolute Gasteiger partial charge is 0.494 e. The van der Waals surface area contributed by atoms with Crippen LogP contribution in [-0.4, -0.2) is 66.4 Å². The van der Waals surface area contributed by atoms with Gasteiger partial charge in [0.2, 0.25) is 5.91 Å². The summed E-state index contributed by atoms with van der Waals surface area (Å²) >= 11 is 0. The van der Waals surface area contributed by atoms with Crippen LogP contribution in [-0.2, 0) is 11.3 Å². The van der Waals surface area contributed by atoms with Crippen molar-refractivity contribution in [2.24, 2.45) is 0 Å². The third kappa shape index (κ3) is 5.35. The Morgan fingerprint density at radius 3 is 2.31 bits per heavy atom. The number of hydrogen-bond acceptors (Lipinski definition) is 6. The monoisotopic (exact) mass is 440 g/mol. The number of piperazine rings is 1. The van der Waals surface area contributed by atoms with Gasteiger partial charge in [0.05, 0.1) is 11.5 Å². The number of nitro groups is 1. The minimum atomic E-state index is -0.462. The number of anilines is 1. The molecule has 2 aromatic carbocycles. The van der Waals surface area contributed by atoms with E-state index in [9.17, 15) is 19.7 Å². The summed E-state index contributed by atoms with van der Waals surface area (Å²) in [6.07, 6.45) is 0. The molecule has 0 saturated carbocycles. The second-order valence-electron chi connectivity index (χ2n) is 7.69. The summed E-state index contributed by atoms with van der Waals surface area (Å²) in [7, 11) is 1.67. The van der Waals surface area contributed by atoms with Gasteiger partial charge in [-0.05, 0) is 36.8 Å². The minimum absolute atomic E-state index is 0.00402. The van der Waals surface area contributed by atoms with E-state index < -0.39 is 4.92 Å². The van der Waals surface area contributed by atoms with E-state index >= 15 is 0 Å². The number of carbonyl (C=O) groups excluding carboxylic acids is 2. The average molecular weight is 441 g/mol. The first-order chi connectivity index (χ1) is 15.3. The molecule has 1 heterocycles. The fourth-order valence-electron chi connectivity index (χ4n) is 3.76. The number of carbonyl (C=O) groups is 2. The molecule has 9 heteroatoms. The van der Waals surface area contributed by atoms with Crippen LogP contribution >= 0.6 is 0 Å². The third-order valence-corrected chi connectivity index (χ3v) is 5.49. The number of benzene rings is 2. The molecule has 0 bridgehead atoms. The van der Waals surface area contributed by atoms with E-state index in [2.05, 4.69) is 0 Å². The normalized spacial score (nSPS) is 13.6. The summed E-state index contributed by atoms with van der Waals surface area (Å²) in [5, 5.41) is 11.7. The highest BCUT2D eigenvalue weighted by Crippen LogP contribution is 2.30. The van der Waals surface area contributed by atoms with Gasteiger partial charge >= 0.3 is 0 Å². The standard InChI is InChI=1S/C23H28N4O5/c1-4-32-20-8-5-18(6-9-20)16-24(3)23(29)19-7-10-21(22(15-19)27(30)31)26-13-11-25(12-14-26)17(2)28/h5-10,15H,4,11-14,16H2,1-3H3. The van der Waals surface area contributed by atoms with Gasteiger partial charge in [0.1, 0.15) is 11.4 Å². The van der Waals surface area contributed by atoms with Crippen LogP contribution in [0.3, 0.4) is 0 Å². The van der Waals surface area contributed by atoms with Gasteiger partial charge in [0.15, 0.2) is 0 Å². The number of rotatable bonds is 7. The fraction of sp³-hybridized carbons (Fsp3) is 0.391. The topological polar surface area (TPSA) is 96.2 Å². The van der Waals surface area contributed by atoms with E-state index in [-0.39, 0.29) is 23.1 Å². The predicted molar refractivity (Wildman–Crippen MR) is 121 cm³/mol. The molecular formula is C23H28N4O5. The SMILES string of the molecule is CCOc1ccc(CN(C)C(=O)c2ccc(N3CCN(C(C)=O)CC3)c([N+](=O)[O-])c2)cc1. The Morgan fingerprint density at radius 2 is 1.75 bits per heavy atom. The molecular weight excluding hydrogens is 412 g/mol. The number of hydrogen-bond donors (Lipinski definition) is 0. The molecule has 170 valence electrons. The van der Waals surface area contributed by atoms with Crippen LogP contribution in [0.4, 0.5) is 11.4 Å². The lowest BCUT2D eigenvalue weighted by molar-refractivity contribution is -0.384. The minimum Gasteiger partial charge on any atom is -0.494 e. The molecule has 2 aromatic rings.